The Kier molecular flexibility index (Phi) is 5.80. The monoisotopic (exact) mass is 360 g/mol. The van der Waals surface area contributed by atoms with E-state index in [4.69, 9.17) is 10.5 Å². The van der Waals surface area contributed by atoms with Gasteiger partial charge in [0, 0.05) is 24.8 Å². The molecule has 138 valence electrons. The zero-order valence-electron chi connectivity index (χ0n) is 14.2. The number of rotatable bonds is 6. The standard InChI is InChI=1S/C17H21FN6O2/c18-10-12-2-1-3-13(8-12)21-16(25)11-20-14-9-15(23-17(19)22-14)24-4-6-26-7-5-24/h1-3,8-9H,4-7,10-11H2,(H,21,25)(H3,19,20,22,23). The number of carbonyl (C=O) groups excluding carboxylic acids is 1. The molecule has 9 heteroatoms. The lowest BCUT2D eigenvalue weighted by Gasteiger charge is -2.28. The highest BCUT2D eigenvalue weighted by Gasteiger charge is 2.14. The van der Waals surface area contributed by atoms with E-state index in [0.29, 0.717) is 36.1 Å². The quantitative estimate of drug-likeness (QED) is 0.715. The molecule has 0 saturated carbocycles. The van der Waals surface area contributed by atoms with Crippen molar-refractivity contribution in [2.24, 2.45) is 0 Å². The Balaban J connectivity index is 1.59. The first-order valence-corrected chi connectivity index (χ1v) is 8.30. The number of anilines is 4. The second-order valence-electron chi connectivity index (χ2n) is 5.80. The number of ether oxygens (including phenoxy) is 1. The van der Waals surface area contributed by atoms with Crippen LogP contribution in [0, 0.1) is 0 Å². The van der Waals surface area contributed by atoms with Crippen LogP contribution in [0.1, 0.15) is 5.56 Å². The molecule has 0 spiro atoms. The molecule has 1 aliphatic rings. The number of nitrogen functional groups attached to an aromatic ring is 1. The van der Waals surface area contributed by atoms with Gasteiger partial charge in [-0.2, -0.15) is 9.97 Å². The summed E-state index contributed by atoms with van der Waals surface area (Å²) in [5.41, 5.74) is 6.83. The minimum Gasteiger partial charge on any atom is -0.378 e. The van der Waals surface area contributed by atoms with E-state index >= 15 is 0 Å². The number of morpholine rings is 1. The van der Waals surface area contributed by atoms with E-state index in [1.54, 1.807) is 30.3 Å². The summed E-state index contributed by atoms with van der Waals surface area (Å²) in [6.07, 6.45) is 0. The largest absolute Gasteiger partial charge is 0.378 e. The average Bonchev–Trinajstić information content (AvgIpc) is 2.67. The number of benzene rings is 1. The summed E-state index contributed by atoms with van der Waals surface area (Å²) in [4.78, 5) is 22.5. The van der Waals surface area contributed by atoms with Gasteiger partial charge < -0.3 is 26.0 Å². The summed E-state index contributed by atoms with van der Waals surface area (Å²) in [7, 11) is 0. The lowest BCUT2D eigenvalue weighted by Crippen LogP contribution is -2.37. The van der Waals surface area contributed by atoms with Crippen molar-refractivity contribution in [1.82, 2.24) is 9.97 Å². The number of nitrogens with zero attached hydrogens (tertiary/aromatic N) is 3. The number of aromatic nitrogens is 2. The molecule has 1 saturated heterocycles. The maximum atomic E-state index is 12.7. The van der Waals surface area contributed by atoms with Gasteiger partial charge in [-0.05, 0) is 17.7 Å². The van der Waals surface area contributed by atoms with Gasteiger partial charge in [0.2, 0.25) is 11.9 Å². The summed E-state index contributed by atoms with van der Waals surface area (Å²) >= 11 is 0. The van der Waals surface area contributed by atoms with E-state index < -0.39 is 6.67 Å². The summed E-state index contributed by atoms with van der Waals surface area (Å²) in [5.74, 6) is 1.02. The third-order valence-electron chi connectivity index (χ3n) is 3.86. The number of nitrogens with one attached hydrogen (secondary N) is 2. The van der Waals surface area contributed by atoms with Crippen molar-refractivity contribution in [3.8, 4) is 0 Å². The number of carbonyl (C=O) groups is 1. The van der Waals surface area contributed by atoms with Gasteiger partial charge in [-0.25, -0.2) is 4.39 Å². The molecule has 0 atom stereocenters. The predicted octanol–water partition coefficient (Wildman–Crippen LogP) is 1.42. The Bertz CT molecular complexity index is 767. The Morgan fingerprint density at radius 1 is 1.27 bits per heavy atom. The molecule has 2 heterocycles. The van der Waals surface area contributed by atoms with Gasteiger partial charge in [0.15, 0.2) is 0 Å². The second kappa shape index (κ2) is 8.43. The molecule has 1 aliphatic heterocycles. The smallest absolute Gasteiger partial charge is 0.243 e. The fourth-order valence-corrected chi connectivity index (χ4v) is 2.61. The Labute approximate surface area is 150 Å². The van der Waals surface area contributed by atoms with Crippen LogP contribution in [0.15, 0.2) is 30.3 Å². The molecule has 8 nitrogen and oxygen atoms in total. The van der Waals surface area contributed by atoms with E-state index in [1.165, 1.54) is 0 Å². The third kappa shape index (κ3) is 4.79. The number of hydrogen-bond donors (Lipinski definition) is 3. The first-order chi connectivity index (χ1) is 12.6. The number of hydrogen-bond acceptors (Lipinski definition) is 7. The first-order valence-electron chi connectivity index (χ1n) is 8.30. The number of halogens is 1. The van der Waals surface area contributed by atoms with Crippen LogP contribution in [0.3, 0.4) is 0 Å². The van der Waals surface area contributed by atoms with Crippen LogP contribution in [0.4, 0.5) is 27.7 Å². The number of nitrogens with two attached hydrogens (primary N) is 1. The summed E-state index contributed by atoms with van der Waals surface area (Å²) in [6.45, 7) is 2.13. The normalized spacial score (nSPS) is 14.1. The maximum absolute atomic E-state index is 12.7. The van der Waals surface area contributed by atoms with Crippen LogP contribution in [0.25, 0.3) is 0 Å². The summed E-state index contributed by atoms with van der Waals surface area (Å²) in [5, 5.41) is 5.65. The zero-order valence-corrected chi connectivity index (χ0v) is 14.2. The average molecular weight is 360 g/mol. The van der Waals surface area contributed by atoms with Gasteiger partial charge in [-0.1, -0.05) is 12.1 Å². The fraction of sp³-hybridized carbons (Fsp3) is 0.353. The molecular weight excluding hydrogens is 339 g/mol. The molecule has 1 fully saturated rings. The second-order valence-corrected chi connectivity index (χ2v) is 5.80. The van der Waals surface area contributed by atoms with Crippen molar-refractivity contribution in [1.29, 1.82) is 0 Å². The van der Waals surface area contributed by atoms with Crippen molar-refractivity contribution in [2.75, 3.05) is 54.1 Å². The van der Waals surface area contributed by atoms with Crippen molar-refractivity contribution < 1.29 is 13.9 Å². The molecule has 0 aliphatic carbocycles. The number of alkyl halides is 1. The lowest BCUT2D eigenvalue weighted by atomic mass is 10.2. The van der Waals surface area contributed by atoms with Crippen LogP contribution >= 0.6 is 0 Å². The van der Waals surface area contributed by atoms with E-state index in [1.807, 2.05) is 0 Å². The number of amides is 1. The topological polar surface area (TPSA) is 105 Å². The molecule has 2 aromatic rings. The van der Waals surface area contributed by atoms with E-state index in [0.717, 1.165) is 13.1 Å². The van der Waals surface area contributed by atoms with Crippen LogP contribution in [0.2, 0.25) is 0 Å². The molecule has 1 amide bonds. The zero-order chi connectivity index (χ0) is 18.4. The van der Waals surface area contributed by atoms with Crippen molar-refractivity contribution >= 4 is 29.2 Å². The van der Waals surface area contributed by atoms with Crippen LogP contribution < -0.4 is 21.3 Å². The molecule has 0 bridgehead atoms. The molecule has 0 radical (unpaired) electrons. The molecule has 4 N–H and O–H groups in total. The Morgan fingerprint density at radius 3 is 2.85 bits per heavy atom. The molecule has 1 aromatic carbocycles. The first kappa shape index (κ1) is 17.9. The lowest BCUT2D eigenvalue weighted by molar-refractivity contribution is -0.114. The fourth-order valence-electron chi connectivity index (χ4n) is 2.61. The van der Waals surface area contributed by atoms with E-state index in [2.05, 4.69) is 25.5 Å². The predicted molar refractivity (Wildman–Crippen MR) is 97.8 cm³/mol. The molecule has 26 heavy (non-hydrogen) atoms. The SMILES string of the molecule is Nc1nc(NCC(=O)Nc2cccc(CF)c2)cc(N2CCOCC2)n1. The van der Waals surface area contributed by atoms with Gasteiger partial charge in [0.1, 0.15) is 18.3 Å². The van der Waals surface area contributed by atoms with E-state index in [-0.39, 0.29) is 18.4 Å². The summed E-state index contributed by atoms with van der Waals surface area (Å²) in [6, 6.07) is 8.40. The highest BCUT2D eigenvalue weighted by atomic mass is 19.1. The van der Waals surface area contributed by atoms with Crippen LogP contribution in [-0.2, 0) is 16.2 Å². The molecular formula is C17H21FN6O2. The Morgan fingerprint density at radius 2 is 2.08 bits per heavy atom. The van der Waals surface area contributed by atoms with Crippen molar-refractivity contribution in [2.45, 2.75) is 6.67 Å². The van der Waals surface area contributed by atoms with Crippen molar-refractivity contribution in [3.05, 3.63) is 35.9 Å². The van der Waals surface area contributed by atoms with Crippen LogP contribution in [0.5, 0.6) is 0 Å². The van der Waals surface area contributed by atoms with Gasteiger partial charge in [0.05, 0.1) is 19.8 Å². The molecule has 0 unspecified atom stereocenters. The molecule has 1 aromatic heterocycles. The summed E-state index contributed by atoms with van der Waals surface area (Å²) < 4.78 is 18.0. The highest BCUT2D eigenvalue weighted by molar-refractivity contribution is 5.93. The third-order valence-corrected chi connectivity index (χ3v) is 3.86. The van der Waals surface area contributed by atoms with Crippen molar-refractivity contribution in [3.63, 3.8) is 0 Å². The van der Waals surface area contributed by atoms with Gasteiger partial charge in [-0.3, -0.25) is 4.79 Å². The highest BCUT2D eigenvalue weighted by Crippen LogP contribution is 2.18. The molecule has 3 rings (SSSR count). The minimum atomic E-state index is -0.577. The van der Waals surface area contributed by atoms with Gasteiger partial charge >= 0.3 is 0 Å². The minimum absolute atomic E-state index is 0.00113. The van der Waals surface area contributed by atoms with E-state index in [9.17, 15) is 9.18 Å². The Hall–Kier alpha value is -2.94. The van der Waals surface area contributed by atoms with Gasteiger partial charge in [0.25, 0.3) is 0 Å². The van der Waals surface area contributed by atoms with Crippen LogP contribution in [-0.4, -0.2) is 48.7 Å². The van der Waals surface area contributed by atoms with Gasteiger partial charge in [-0.15, -0.1) is 0 Å². The maximum Gasteiger partial charge on any atom is 0.243 e.